The van der Waals surface area contributed by atoms with Crippen LogP contribution in [-0.4, -0.2) is 49.2 Å². The van der Waals surface area contributed by atoms with Crippen molar-refractivity contribution in [3.05, 3.63) is 0 Å². The van der Waals surface area contributed by atoms with E-state index in [-0.39, 0.29) is 12.2 Å². The molecule has 2 rings (SSSR count). The Morgan fingerprint density at radius 1 is 1.43 bits per heavy atom. The van der Waals surface area contributed by atoms with Gasteiger partial charge in [-0.2, -0.15) is 0 Å². The lowest BCUT2D eigenvalue weighted by Gasteiger charge is -2.37. The summed E-state index contributed by atoms with van der Waals surface area (Å²) in [6, 6.07) is 0. The molecule has 0 amide bonds. The molecule has 2 unspecified atom stereocenters. The van der Waals surface area contributed by atoms with Crippen molar-refractivity contribution in [3.63, 3.8) is 0 Å². The van der Waals surface area contributed by atoms with Crippen LogP contribution in [0.5, 0.6) is 0 Å². The van der Waals surface area contributed by atoms with E-state index >= 15 is 0 Å². The van der Waals surface area contributed by atoms with Crippen molar-refractivity contribution in [2.45, 2.75) is 44.2 Å². The highest BCUT2D eigenvalue weighted by Crippen LogP contribution is 2.33. The van der Waals surface area contributed by atoms with Gasteiger partial charge in [-0.1, -0.05) is 0 Å². The van der Waals surface area contributed by atoms with Crippen LogP contribution in [0.1, 0.15) is 13.8 Å². The van der Waals surface area contributed by atoms with Gasteiger partial charge in [-0.25, -0.2) is 0 Å². The van der Waals surface area contributed by atoms with Crippen LogP contribution in [0.2, 0.25) is 0 Å². The van der Waals surface area contributed by atoms with E-state index in [1.807, 2.05) is 13.8 Å². The molecule has 1 N–H and O–H groups in total. The molecule has 0 saturated carbocycles. The minimum absolute atomic E-state index is 0.233. The fraction of sp³-hybridized carbons (Fsp3) is 1.00. The van der Waals surface area contributed by atoms with Crippen molar-refractivity contribution in [2.24, 2.45) is 0 Å². The minimum Gasteiger partial charge on any atom is -0.385 e. The third-order valence-corrected chi connectivity index (χ3v) is 2.54. The van der Waals surface area contributed by atoms with Crippen molar-refractivity contribution >= 4 is 0 Å². The van der Waals surface area contributed by atoms with Gasteiger partial charge in [0.25, 0.3) is 0 Å². The molecule has 5 heteroatoms. The Bertz CT molecular complexity index is 215. The van der Waals surface area contributed by atoms with Gasteiger partial charge in [-0.15, -0.1) is 0 Å². The molecule has 82 valence electrons. The number of methoxy groups -OCH3 is 1. The molecule has 0 bridgehead atoms. The zero-order valence-corrected chi connectivity index (χ0v) is 8.60. The van der Waals surface area contributed by atoms with Crippen molar-refractivity contribution in [3.8, 4) is 0 Å². The van der Waals surface area contributed by atoms with Gasteiger partial charge >= 0.3 is 0 Å². The smallest absolute Gasteiger partial charge is 0.186 e. The Labute approximate surface area is 82.9 Å². The van der Waals surface area contributed by atoms with Gasteiger partial charge in [-0.3, -0.25) is 0 Å². The number of ether oxygens (including phenoxy) is 4. The van der Waals surface area contributed by atoms with Gasteiger partial charge in [0.2, 0.25) is 0 Å². The number of hydrogen-bond donors (Lipinski definition) is 1. The second-order valence-corrected chi connectivity index (χ2v) is 4.06. The Kier molecular flexibility index (Phi) is 2.53. The molecule has 2 aliphatic rings. The fourth-order valence-electron chi connectivity index (χ4n) is 1.82. The van der Waals surface area contributed by atoms with Gasteiger partial charge in [-0.05, 0) is 13.8 Å². The molecule has 0 spiro atoms. The molecule has 2 heterocycles. The van der Waals surface area contributed by atoms with E-state index in [1.54, 1.807) is 0 Å². The highest BCUT2D eigenvalue weighted by Gasteiger charge is 2.50. The first kappa shape index (κ1) is 10.3. The summed E-state index contributed by atoms with van der Waals surface area (Å²) in [7, 11) is 1.50. The van der Waals surface area contributed by atoms with E-state index in [9.17, 15) is 5.11 Å². The van der Waals surface area contributed by atoms with Gasteiger partial charge in [0.05, 0.1) is 6.61 Å². The Hall–Kier alpha value is -0.200. The molecule has 0 aliphatic carbocycles. The monoisotopic (exact) mass is 204 g/mol. The van der Waals surface area contributed by atoms with Gasteiger partial charge in [0.1, 0.15) is 18.3 Å². The van der Waals surface area contributed by atoms with Crippen LogP contribution >= 0.6 is 0 Å². The summed E-state index contributed by atoms with van der Waals surface area (Å²) in [4.78, 5) is 0. The van der Waals surface area contributed by atoms with E-state index in [0.717, 1.165) is 0 Å². The first-order valence-corrected chi connectivity index (χ1v) is 4.71. The van der Waals surface area contributed by atoms with Crippen molar-refractivity contribution in [1.29, 1.82) is 0 Å². The fourth-order valence-corrected chi connectivity index (χ4v) is 1.82. The SMILES string of the molecule is COC1O[C@@H]2COC(C)(C)O[C@@H]2C1O. The van der Waals surface area contributed by atoms with Gasteiger partial charge < -0.3 is 24.1 Å². The average molecular weight is 204 g/mol. The average Bonchev–Trinajstić information content (AvgIpc) is 2.42. The zero-order valence-electron chi connectivity index (χ0n) is 8.60. The molecule has 0 radical (unpaired) electrons. The molecule has 0 aromatic rings. The van der Waals surface area contributed by atoms with Gasteiger partial charge in [0, 0.05) is 7.11 Å². The van der Waals surface area contributed by atoms with Crippen LogP contribution in [0.25, 0.3) is 0 Å². The largest absolute Gasteiger partial charge is 0.385 e. The molecule has 2 saturated heterocycles. The first-order valence-electron chi connectivity index (χ1n) is 4.71. The second-order valence-electron chi connectivity index (χ2n) is 4.06. The van der Waals surface area contributed by atoms with Crippen LogP contribution in [0.4, 0.5) is 0 Å². The lowest BCUT2D eigenvalue weighted by atomic mass is 10.1. The van der Waals surface area contributed by atoms with Crippen molar-refractivity contribution < 1.29 is 24.1 Å². The summed E-state index contributed by atoms with van der Waals surface area (Å²) in [5.74, 6) is -0.659. The number of aliphatic hydroxyl groups is 1. The maximum Gasteiger partial charge on any atom is 0.186 e. The van der Waals surface area contributed by atoms with E-state index in [0.29, 0.717) is 6.61 Å². The normalized spacial score (nSPS) is 46.3. The van der Waals surface area contributed by atoms with Crippen LogP contribution in [0.15, 0.2) is 0 Å². The molecule has 0 aromatic carbocycles. The number of aliphatic hydroxyl groups excluding tert-OH is 1. The van der Waals surface area contributed by atoms with Crippen LogP contribution in [0, 0.1) is 0 Å². The van der Waals surface area contributed by atoms with E-state index in [1.165, 1.54) is 7.11 Å². The maximum atomic E-state index is 9.79. The Morgan fingerprint density at radius 3 is 2.79 bits per heavy atom. The quantitative estimate of drug-likeness (QED) is 0.644. The second kappa shape index (κ2) is 3.43. The summed E-state index contributed by atoms with van der Waals surface area (Å²) >= 11 is 0. The van der Waals surface area contributed by atoms with E-state index < -0.39 is 18.2 Å². The summed E-state index contributed by atoms with van der Waals surface area (Å²) in [6.45, 7) is 4.06. The number of hydrogen-bond acceptors (Lipinski definition) is 5. The Morgan fingerprint density at radius 2 is 2.14 bits per heavy atom. The summed E-state index contributed by atoms with van der Waals surface area (Å²) < 4.78 is 21.3. The number of rotatable bonds is 1. The summed E-state index contributed by atoms with van der Waals surface area (Å²) in [5, 5.41) is 9.79. The predicted octanol–water partition coefficient (Wildman–Crippen LogP) is -0.130. The molecule has 0 aromatic heterocycles. The van der Waals surface area contributed by atoms with Crippen molar-refractivity contribution in [1.82, 2.24) is 0 Å². The number of fused-ring (bicyclic) bond motifs is 1. The molecule has 4 atom stereocenters. The van der Waals surface area contributed by atoms with Crippen molar-refractivity contribution in [2.75, 3.05) is 13.7 Å². The molecule has 5 nitrogen and oxygen atoms in total. The minimum atomic E-state index is -0.742. The molecular weight excluding hydrogens is 188 g/mol. The van der Waals surface area contributed by atoms with Crippen LogP contribution in [-0.2, 0) is 18.9 Å². The lowest BCUT2D eigenvalue weighted by molar-refractivity contribution is -0.300. The van der Waals surface area contributed by atoms with Gasteiger partial charge in [0.15, 0.2) is 12.1 Å². The maximum absolute atomic E-state index is 9.79. The van der Waals surface area contributed by atoms with E-state index in [2.05, 4.69) is 0 Å². The Balaban J connectivity index is 2.07. The first-order chi connectivity index (χ1) is 6.53. The molecule has 2 aliphatic heterocycles. The van der Waals surface area contributed by atoms with E-state index in [4.69, 9.17) is 18.9 Å². The standard InChI is InChI=1S/C9H16O5/c1-9(2)12-4-5-7(14-9)6(10)8(11-3)13-5/h5-8,10H,4H2,1-3H3/t5-,6?,7+,8?/m1/s1. The lowest BCUT2D eigenvalue weighted by Crippen LogP contribution is -2.50. The summed E-state index contributed by atoms with van der Waals surface area (Å²) in [6.07, 6.45) is -1.94. The molecule has 14 heavy (non-hydrogen) atoms. The highest BCUT2D eigenvalue weighted by molar-refractivity contribution is 4.91. The topological polar surface area (TPSA) is 57.2 Å². The molecule has 2 fully saturated rings. The molecular formula is C9H16O5. The summed E-state index contributed by atoms with van der Waals surface area (Å²) in [5.41, 5.74) is 0. The third kappa shape index (κ3) is 1.66. The highest BCUT2D eigenvalue weighted by atomic mass is 16.8. The van der Waals surface area contributed by atoms with Crippen LogP contribution in [0.3, 0.4) is 0 Å². The zero-order chi connectivity index (χ0) is 10.3. The van der Waals surface area contributed by atoms with Crippen LogP contribution < -0.4 is 0 Å². The third-order valence-electron chi connectivity index (χ3n) is 2.54. The predicted molar refractivity (Wildman–Crippen MR) is 46.6 cm³/mol.